The first-order valence-electron chi connectivity index (χ1n) is 9.82. The molecule has 6 rings (SSSR count). The van der Waals surface area contributed by atoms with Crippen molar-refractivity contribution in [1.82, 2.24) is 14.5 Å². The Labute approximate surface area is 163 Å². The minimum Gasteiger partial charge on any atom is -0.361 e. The summed E-state index contributed by atoms with van der Waals surface area (Å²) in [5.74, 6) is -0.00570. The third-order valence-electron chi connectivity index (χ3n) is 6.42. The molecule has 1 N–H and O–H groups in total. The maximum Gasteiger partial charge on any atom is 0.239 e. The zero-order valence-corrected chi connectivity index (χ0v) is 15.7. The van der Waals surface area contributed by atoms with Crippen LogP contribution in [0, 0.1) is 5.92 Å². The van der Waals surface area contributed by atoms with Crippen LogP contribution in [0.2, 0.25) is 0 Å². The van der Waals surface area contributed by atoms with E-state index in [1.54, 1.807) is 0 Å². The van der Waals surface area contributed by atoms with Gasteiger partial charge in [0, 0.05) is 41.3 Å². The molecule has 0 fully saturated rings. The summed E-state index contributed by atoms with van der Waals surface area (Å²) in [7, 11) is 2.14. The van der Waals surface area contributed by atoms with E-state index in [0.717, 1.165) is 23.9 Å². The monoisotopic (exact) mass is 367 g/mol. The zero-order chi connectivity index (χ0) is 18.8. The highest BCUT2D eigenvalue weighted by atomic mass is 16.2. The zero-order valence-electron chi connectivity index (χ0n) is 15.7. The van der Waals surface area contributed by atoms with Gasteiger partial charge in [0.25, 0.3) is 0 Å². The van der Waals surface area contributed by atoms with Crippen LogP contribution in [-0.4, -0.2) is 40.0 Å². The minimum atomic E-state index is -0.150. The van der Waals surface area contributed by atoms with Crippen LogP contribution in [0.3, 0.4) is 0 Å². The normalized spacial score (nSPS) is 21.7. The van der Waals surface area contributed by atoms with Crippen LogP contribution in [0.25, 0.3) is 27.4 Å². The summed E-state index contributed by atoms with van der Waals surface area (Å²) in [4.78, 5) is 19.2. The van der Waals surface area contributed by atoms with E-state index >= 15 is 0 Å². The number of nitrogens with one attached hydrogen (secondary N) is 1. The Balaban J connectivity index is 1.48. The average Bonchev–Trinajstić information content (AvgIpc) is 3.33. The molecule has 1 aliphatic heterocycles. The number of aromatic amines is 1. The SMILES string of the molecule is CN1CC(C(=O)n2ccc3ccccc32)C=C2c3cccc4[nH]cc(c34)C[C@H]21. The lowest BCUT2D eigenvalue weighted by molar-refractivity contribution is 0.0828. The number of carbonyl (C=O) groups is 1. The van der Waals surface area contributed by atoms with E-state index < -0.39 is 0 Å². The Bertz CT molecular complexity index is 1280. The molecule has 0 saturated heterocycles. The Hall–Kier alpha value is -3.11. The van der Waals surface area contributed by atoms with Crippen LogP contribution in [0.5, 0.6) is 0 Å². The van der Waals surface area contributed by atoms with Crippen molar-refractivity contribution in [3.8, 4) is 0 Å². The third kappa shape index (κ3) is 2.12. The summed E-state index contributed by atoms with van der Waals surface area (Å²) in [6.07, 6.45) is 7.27. The Morgan fingerprint density at radius 3 is 2.93 bits per heavy atom. The Morgan fingerprint density at radius 1 is 1.11 bits per heavy atom. The molecule has 138 valence electrons. The summed E-state index contributed by atoms with van der Waals surface area (Å²) in [6, 6.07) is 16.8. The van der Waals surface area contributed by atoms with Crippen molar-refractivity contribution in [2.45, 2.75) is 12.5 Å². The predicted octanol–water partition coefficient (Wildman–Crippen LogP) is 4.33. The molecule has 0 amide bonds. The highest BCUT2D eigenvalue weighted by Gasteiger charge is 2.36. The third-order valence-corrected chi connectivity index (χ3v) is 6.42. The number of fused-ring (bicyclic) bond motifs is 3. The minimum absolute atomic E-state index is 0.144. The van der Waals surface area contributed by atoms with Crippen LogP contribution in [0.15, 0.2) is 67.0 Å². The van der Waals surface area contributed by atoms with Crippen molar-refractivity contribution < 1.29 is 4.79 Å². The quantitative estimate of drug-likeness (QED) is 0.544. The number of benzene rings is 2. The van der Waals surface area contributed by atoms with Gasteiger partial charge in [0.15, 0.2) is 0 Å². The molecule has 4 heteroatoms. The van der Waals surface area contributed by atoms with E-state index in [4.69, 9.17) is 0 Å². The summed E-state index contributed by atoms with van der Waals surface area (Å²) >= 11 is 0. The smallest absolute Gasteiger partial charge is 0.239 e. The fraction of sp³-hybridized carbons (Fsp3) is 0.208. The van der Waals surface area contributed by atoms with Crippen LogP contribution in [0.1, 0.15) is 15.9 Å². The molecule has 4 aromatic rings. The molecule has 0 spiro atoms. The van der Waals surface area contributed by atoms with Gasteiger partial charge in [0.05, 0.1) is 11.4 Å². The molecular formula is C24H21N3O. The summed E-state index contributed by atoms with van der Waals surface area (Å²) in [5, 5.41) is 2.42. The molecule has 1 aliphatic carbocycles. The topological polar surface area (TPSA) is 41.0 Å². The number of aromatic nitrogens is 2. The largest absolute Gasteiger partial charge is 0.361 e. The van der Waals surface area contributed by atoms with Gasteiger partial charge in [-0.2, -0.15) is 0 Å². The van der Waals surface area contributed by atoms with Gasteiger partial charge >= 0.3 is 0 Å². The van der Waals surface area contributed by atoms with Gasteiger partial charge in [-0.25, -0.2) is 0 Å². The van der Waals surface area contributed by atoms with Crippen molar-refractivity contribution in [2.75, 3.05) is 13.6 Å². The fourth-order valence-electron chi connectivity index (χ4n) is 5.06. The summed E-state index contributed by atoms with van der Waals surface area (Å²) in [6.45, 7) is 0.745. The van der Waals surface area contributed by atoms with Gasteiger partial charge in [0.2, 0.25) is 5.91 Å². The molecule has 0 bridgehead atoms. The second-order valence-electron chi connectivity index (χ2n) is 8.01. The van der Waals surface area contributed by atoms with Crippen LogP contribution >= 0.6 is 0 Å². The number of likely N-dealkylation sites (N-methyl/N-ethyl adjacent to an activating group) is 1. The predicted molar refractivity (Wildman–Crippen MR) is 112 cm³/mol. The molecule has 2 aromatic heterocycles. The Kier molecular flexibility index (Phi) is 3.23. The molecule has 1 unspecified atom stereocenters. The molecule has 4 nitrogen and oxygen atoms in total. The lowest BCUT2D eigenvalue weighted by Gasteiger charge is -2.39. The number of H-pyrrole nitrogens is 1. The molecule has 2 aromatic carbocycles. The molecule has 0 saturated carbocycles. The van der Waals surface area contributed by atoms with Crippen molar-refractivity contribution in [1.29, 1.82) is 0 Å². The first-order valence-corrected chi connectivity index (χ1v) is 9.82. The maximum absolute atomic E-state index is 13.4. The Morgan fingerprint density at radius 2 is 2.00 bits per heavy atom. The van der Waals surface area contributed by atoms with Crippen LogP contribution in [-0.2, 0) is 6.42 Å². The van der Waals surface area contributed by atoms with Crippen molar-refractivity contribution in [3.05, 3.63) is 78.1 Å². The van der Waals surface area contributed by atoms with E-state index in [1.807, 2.05) is 35.0 Å². The maximum atomic E-state index is 13.4. The molecule has 2 atom stereocenters. The van der Waals surface area contributed by atoms with E-state index in [-0.39, 0.29) is 11.8 Å². The van der Waals surface area contributed by atoms with Gasteiger partial charge in [-0.15, -0.1) is 0 Å². The van der Waals surface area contributed by atoms with Gasteiger partial charge in [-0.05, 0) is 48.4 Å². The first kappa shape index (κ1) is 15.9. The molecule has 2 aliphatic rings. The van der Waals surface area contributed by atoms with E-state index in [0.29, 0.717) is 6.04 Å². The van der Waals surface area contributed by atoms with Crippen molar-refractivity contribution in [2.24, 2.45) is 5.92 Å². The van der Waals surface area contributed by atoms with Crippen molar-refractivity contribution in [3.63, 3.8) is 0 Å². The van der Waals surface area contributed by atoms with Gasteiger partial charge in [-0.3, -0.25) is 14.3 Å². The molecule has 28 heavy (non-hydrogen) atoms. The second kappa shape index (κ2) is 5.69. The summed E-state index contributed by atoms with van der Waals surface area (Å²) < 4.78 is 1.82. The number of hydrogen-bond donors (Lipinski definition) is 1. The van der Waals surface area contributed by atoms with Crippen molar-refractivity contribution >= 4 is 33.3 Å². The lowest BCUT2D eigenvalue weighted by Crippen LogP contribution is -2.45. The number of rotatable bonds is 1. The number of nitrogens with zero attached hydrogens (tertiary/aromatic N) is 2. The van der Waals surface area contributed by atoms with E-state index in [2.05, 4.69) is 53.5 Å². The highest BCUT2D eigenvalue weighted by molar-refractivity contribution is 6.00. The highest BCUT2D eigenvalue weighted by Crippen LogP contribution is 2.41. The van der Waals surface area contributed by atoms with Gasteiger partial charge < -0.3 is 4.98 Å². The number of para-hydroxylation sites is 1. The van der Waals surface area contributed by atoms with E-state index in [9.17, 15) is 4.79 Å². The number of hydrogen-bond acceptors (Lipinski definition) is 2. The summed E-state index contributed by atoms with van der Waals surface area (Å²) in [5.41, 5.74) is 6.10. The van der Waals surface area contributed by atoms with E-state index in [1.165, 1.54) is 27.6 Å². The standard InChI is InChI=1S/C24H21N3O/c1-26-14-17(24(28)27-10-9-15-5-2-3-8-21(15)27)11-19-18-6-4-7-20-23(18)16(13-25-20)12-22(19)26/h2-11,13,17,22,25H,12,14H2,1H3/t17?,22-/m1/s1. The van der Waals surface area contributed by atoms with Crippen LogP contribution < -0.4 is 0 Å². The average molecular weight is 367 g/mol. The lowest BCUT2D eigenvalue weighted by atomic mass is 9.80. The fourth-order valence-corrected chi connectivity index (χ4v) is 5.06. The number of carbonyl (C=O) groups excluding carboxylic acids is 1. The van der Waals surface area contributed by atoms with Gasteiger partial charge in [0.1, 0.15) is 0 Å². The van der Waals surface area contributed by atoms with Gasteiger partial charge in [-0.1, -0.05) is 36.4 Å². The molecule has 3 heterocycles. The van der Waals surface area contributed by atoms with Crippen LogP contribution in [0.4, 0.5) is 0 Å². The second-order valence-corrected chi connectivity index (χ2v) is 8.01. The first-order chi connectivity index (χ1) is 13.7. The molecule has 0 radical (unpaired) electrons. The molecular weight excluding hydrogens is 346 g/mol.